The van der Waals surface area contributed by atoms with Crippen LogP contribution < -0.4 is 15.0 Å². The summed E-state index contributed by atoms with van der Waals surface area (Å²) in [5, 5.41) is 3.05. The zero-order valence-electron chi connectivity index (χ0n) is 11.1. The van der Waals surface area contributed by atoms with Gasteiger partial charge in [-0.2, -0.15) is 0 Å². The maximum atomic E-state index is 12.0. The highest BCUT2D eigenvalue weighted by Gasteiger charge is 2.30. The van der Waals surface area contributed by atoms with Gasteiger partial charge in [0.1, 0.15) is 5.75 Å². The Morgan fingerprint density at radius 3 is 2.26 bits per heavy atom. The molecule has 0 aliphatic carbocycles. The number of anilines is 1. The molecule has 0 aliphatic heterocycles. The third kappa shape index (κ3) is 5.83. The molecule has 19 heavy (non-hydrogen) atoms. The van der Waals surface area contributed by atoms with E-state index in [0.29, 0.717) is 0 Å². The van der Waals surface area contributed by atoms with Gasteiger partial charge in [-0.3, -0.25) is 0 Å². The second kappa shape index (κ2) is 7.23. The minimum Gasteiger partial charge on any atom is -0.406 e. The number of hydrogen-bond acceptors (Lipinski definition) is 3. The van der Waals surface area contributed by atoms with Crippen LogP contribution in [0.4, 0.5) is 18.9 Å². The molecule has 0 saturated heterocycles. The molecule has 1 aromatic rings. The van der Waals surface area contributed by atoms with Gasteiger partial charge in [-0.25, -0.2) is 0 Å². The van der Waals surface area contributed by atoms with Crippen molar-refractivity contribution < 1.29 is 17.9 Å². The number of nitrogens with zero attached hydrogens (tertiary/aromatic N) is 1. The van der Waals surface area contributed by atoms with Gasteiger partial charge in [0.25, 0.3) is 0 Å². The number of benzene rings is 1. The summed E-state index contributed by atoms with van der Waals surface area (Å²) in [7, 11) is 1.87. The Bertz CT molecular complexity index is 365. The second-order valence-electron chi connectivity index (χ2n) is 4.13. The number of nitrogens with one attached hydrogen (secondary N) is 1. The zero-order chi connectivity index (χ0) is 14.3. The number of alkyl halides is 3. The Hall–Kier alpha value is -1.43. The van der Waals surface area contributed by atoms with Gasteiger partial charge in [-0.05, 0) is 37.7 Å². The van der Waals surface area contributed by atoms with Crippen molar-refractivity contribution in [2.45, 2.75) is 19.7 Å². The lowest BCUT2D eigenvalue weighted by atomic mass is 10.2. The molecule has 0 spiro atoms. The molecule has 0 aliphatic rings. The molecule has 0 radical (unpaired) electrons. The van der Waals surface area contributed by atoms with Crippen LogP contribution in [0.5, 0.6) is 5.75 Å². The van der Waals surface area contributed by atoms with Gasteiger partial charge in [0.2, 0.25) is 0 Å². The third-order valence-electron chi connectivity index (χ3n) is 2.56. The van der Waals surface area contributed by atoms with Crippen molar-refractivity contribution in [3.05, 3.63) is 24.3 Å². The van der Waals surface area contributed by atoms with E-state index in [0.717, 1.165) is 31.7 Å². The van der Waals surface area contributed by atoms with Gasteiger partial charge in [0, 0.05) is 25.3 Å². The standard InChI is InChI=1S/C13H19F3N2O/c1-3-9-18(10-8-17-2)11-4-6-12(7-5-11)19-13(14,15)16/h4-7,17H,3,8-10H2,1-2H3. The molecule has 0 amide bonds. The van der Waals surface area contributed by atoms with Crippen LogP contribution in [0, 0.1) is 0 Å². The monoisotopic (exact) mass is 276 g/mol. The lowest BCUT2D eigenvalue weighted by Gasteiger charge is -2.24. The first-order valence-electron chi connectivity index (χ1n) is 6.21. The number of ether oxygens (including phenoxy) is 1. The largest absolute Gasteiger partial charge is 0.573 e. The van der Waals surface area contributed by atoms with Gasteiger partial charge >= 0.3 is 6.36 Å². The van der Waals surface area contributed by atoms with Crippen LogP contribution in [-0.2, 0) is 0 Å². The van der Waals surface area contributed by atoms with Crippen molar-refractivity contribution in [1.82, 2.24) is 5.32 Å². The fourth-order valence-corrected chi connectivity index (χ4v) is 1.75. The average Bonchev–Trinajstić information content (AvgIpc) is 2.34. The smallest absolute Gasteiger partial charge is 0.406 e. The normalized spacial score (nSPS) is 11.4. The molecule has 0 atom stereocenters. The summed E-state index contributed by atoms with van der Waals surface area (Å²) >= 11 is 0. The van der Waals surface area contributed by atoms with Gasteiger partial charge in [0.05, 0.1) is 0 Å². The van der Waals surface area contributed by atoms with Crippen LogP contribution in [0.3, 0.4) is 0 Å². The molecule has 0 heterocycles. The fraction of sp³-hybridized carbons (Fsp3) is 0.538. The molecule has 0 saturated carbocycles. The van der Waals surface area contributed by atoms with E-state index in [1.54, 1.807) is 12.1 Å². The lowest BCUT2D eigenvalue weighted by molar-refractivity contribution is -0.274. The van der Waals surface area contributed by atoms with E-state index < -0.39 is 6.36 Å². The number of likely N-dealkylation sites (N-methyl/N-ethyl adjacent to an activating group) is 1. The Labute approximate surface area is 111 Å². The van der Waals surface area contributed by atoms with Crippen LogP contribution >= 0.6 is 0 Å². The van der Waals surface area contributed by atoms with Crippen molar-refractivity contribution in [3.63, 3.8) is 0 Å². The van der Waals surface area contributed by atoms with E-state index in [4.69, 9.17) is 0 Å². The van der Waals surface area contributed by atoms with E-state index in [2.05, 4.69) is 21.9 Å². The van der Waals surface area contributed by atoms with Crippen molar-refractivity contribution in [2.24, 2.45) is 0 Å². The van der Waals surface area contributed by atoms with Crippen LogP contribution in [0.1, 0.15) is 13.3 Å². The van der Waals surface area contributed by atoms with Crippen molar-refractivity contribution in [3.8, 4) is 5.75 Å². The minimum atomic E-state index is -4.64. The third-order valence-corrected chi connectivity index (χ3v) is 2.56. The van der Waals surface area contributed by atoms with Crippen LogP contribution in [0.15, 0.2) is 24.3 Å². The molecule has 1 N–H and O–H groups in total. The molecule has 0 bridgehead atoms. The van der Waals surface area contributed by atoms with Crippen LogP contribution in [0.2, 0.25) is 0 Å². The minimum absolute atomic E-state index is 0.193. The summed E-state index contributed by atoms with van der Waals surface area (Å²) in [6.07, 6.45) is -3.67. The maximum Gasteiger partial charge on any atom is 0.573 e. The average molecular weight is 276 g/mol. The summed E-state index contributed by atoms with van der Waals surface area (Å²) in [5.41, 5.74) is 0.895. The Morgan fingerprint density at radius 2 is 1.79 bits per heavy atom. The summed E-state index contributed by atoms with van der Waals surface area (Å²) < 4.78 is 40.0. The van der Waals surface area contributed by atoms with Crippen LogP contribution in [-0.4, -0.2) is 33.0 Å². The predicted molar refractivity (Wildman–Crippen MR) is 69.6 cm³/mol. The van der Waals surface area contributed by atoms with Gasteiger partial charge < -0.3 is 15.0 Å². The van der Waals surface area contributed by atoms with Crippen molar-refractivity contribution in [1.29, 1.82) is 0 Å². The molecule has 0 fully saturated rings. The van der Waals surface area contributed by atoms with Crippen LogP contribution in [0.25, 0.3) is 0 Å². The predicted octanol–water partition coefficient (Wildman–Crippen LogP) is 3.02. The van der Waals surface area contributed by atoms with Gasteiger partial charge in [-0.15, -0.1) is 13.2 Å². The summed E-state index contributed by atoms with van der Waals surface area (Å²) in [5.74, 6) is -0.193. The fourth-order valence-electron chi connectivity index (χ4n) is 1.75. The summed E-state index contributed by atoms with van der Waals surface area (Å²) in [6, 6.07) is 5.97. The van der Waals surface area contributed by atoms with E-state index in [9.17, 15) is 13.2 Å². The molecule has 0 unspecified atom stereocenters. The van der Waals surface area contributed by atoms with E-state index in [1.807, 2.05) is 7.05 Å². The summed E-state index contributed by atoms with van der Waals surface area (Å²) in [4.78, 5) is 2.12. The first-order chi connectivity index (χ1) is 8.96. The van der Waals surface area contributed by atoms with E-state index >= 15 is 0 Å². The van der Waals surface area contributed by atoms with Gasteiger partial charge in [0.15, 0.2) is 0 Å². The lowest BCUT2D eigenvalue weighted by Crippen LogP contribution is -2.31. The SMILES string of the molecule is CCCN(CCNC)c1ccc(OC(F)(F)F)cc1. The number of hydrogen-bond donors (Lipinski definition) is 1. The number of rotatable bonds is 7. The molecule has 1 aromatic carbocycles. The molecule has 3 nitrogen and oxygen atoms in total. The molecular formula is C13H19F3N2O. The maximum absolute atomic E-state index is 12.0. The van der Waals surface area contributed by atoms with E-state index in [-0.39, 0.29) is 5.75 Å². The molecule has 108 valence electrons. The topological polar surface area (TPSA) is 24.5 Å². The van der Waals surface area contributed by atoms with E-state index in [1.165, 1.54) is 12.1 Å². The number of halogens is 3. The van der Waals surface area contributed by atoms with Crippen molar-refractivity contribution in [2.75, 3.05) is 31.6 Å². The Kier molecular flexibility index (Phi) is 5.95. The van der Waals surface area contributed by atoms with Gasteiger partial charge in [-0.1, -0.05) is 6.92 Å². The summed E-state index contributed by atoms with van der Waals surface area (Å²) in [6.45, 7) is 4.55. The molecular weight excluding hydrogens is 257 g/mol. The molecule has 0 aromatic heterocycles. The van der Waals surface area contributed by atoms with Crippen molar-refractivity contribution >= 4 is 5.69 Å². The quantitative estimate of drug-likeness (QED) is 0.828. The molecule has 1 rings (SSSR count). The first-order valence-corrected chi connectivity index (χ1v) is 6.21. The zero-order valence-corrected chi connectivity index (χ0v) is 11.1. The molecule has 6 heteroatoms. The highest BCUT2D eigenvalue weighted by atomic mass is 19.4. The highest BCUT2D eigenvalue weighted by molar-refractivity contribution is 5.49. The Morgan fingerprint density at radius 1 is 1.16 bits per heavy atom. The Balaban J connectivity index is 2.71. The second-order valence-corrected chi connectivity index (χ2v) is 4.13. The first kappa shape index (κ1) is 15.6. The highest BCUT2D eigenvalue weighted by Crippen LogP contribution is 2.25.